The lowest BCUT2D eigenvalue weighted by atomic mass is 10.1. The standard InChI is InChI=1S/C21H20N4OS2/c26-19(18-14-16-11-4-5-12-17(16)27-18)23-21-25-24-20(28-21)22-13-7-6-10-15-8-2-1-3-9-15/h1-5,8-9,11-12,14H,6-7,10,13H2,(H,22,24)(H,23,25,26). The molecule has 0 spiro atoms. The number of amides is 1. The van der Waals surface area contributed by atoms with Crippen molar-refractivity contribution < 1.29 is 4.79 Å². The zero-order chi connectivity index (χ0) is 19.2. The number of aromatic nitrogens is 2. The highest BCUT2D eigenvalue weighted by molar-refractivity contribution is 7.21. The number of nitrogens with zero attached hydrogens (tertiary/aromatic N) is 2. The lowest BCUT2D eigenvalue weighted by Gasteiger charge is -2.02. The van der Waals surface area contributed by atoms with Crippen molar-refractivity contribution >= 4 is 48.9 Å². The fourth-order valence-electron chi connectivity index (χ4n) is 2.89. The molecule has 0 atom stereocenters. The van der Waals surface area contributed by atoms with Crippen LogP contribution in [-0.2, 0) is 6.42 Å². The monoisotopic (exact) mass is 408 g/mol. The third-order valence-corrected chi connectivity index (χ3v) is 6.22. The number of benzene rings is 2. The molecule has 2 heterocycles. The van der Waals surface area contributed by atoms with Gasteiger partial charge in [0.15, 0.2) is 0 Å². The quantitative estimate of drug-likeness (QED) is 0.381. The third kappa shape index (κ3) is 4.74. The normalized spacial score (nSPS) is 10.9. The number of unbranched alkanes of at least 4 members (excludes halogenated alkanes) is 1. The third-order valence-electron chi connectivity index (χ3n) is 4.31. The highest BCUT2D eigenvalue weighted by Gasteiger charge is 2.13. The number of carbonyl (C=O) groups is 1. The Kier molecular flexibility index (Phi) is 5.94. The molecule has 1 amide bonds. The van der Waals surface area contributed by atoms with Crippen molar-refractivity contribution in [2.45, 2.75) is 19.3 Å². The Morgan fingerprint density at radius 3 is 2.54 bits per heavy atom. The van der Waals surface area contributed by atoms with Crippen molar-refractivity contribution in [1.29, 1.82) is 0 Å². The molecule has 0 saturated carbocycles. The van der Waals surface area contributed by atoms with Crippen LogP contribution in [0.5, 0.6) is 0 Å². The van der Waals surface area contributed by atoms with Crippen molar-refractivity contribution in [1.82, 2.24) is 10.2 Å². The largest absolute Gasteiger partial charge is 0.360 e. The van der Waals surface area contributed by atoms with Crippen molar-refractivity contribution in [3.05, 3.63) is 71.1 Å². The minimum absolute atomic E-state index is 0.147. The summed E-state index contributed by atoms with van der Waals surface area (Å²) in [5.74, 6) is -0.147. The van der Waals surface area contributed by atoms with Crippen LogP contribution in [0.3, 0.4) is 0 Å². The second-order valence-electron chi connectivity index (χ2n) is 6.38. The van der Waals surface area contributed by atoms with E-state index in [-0.39, 0.29) is 5.91 Å². The number of aryl methyl sites for hydroxylation is 1. The van der Waals surface area contributed by atoms with Crippen molar-refractivity contribution in [2.24, 2.45) is 0 Å². The van der Waals surface area contributed by atoms with Gasteiger partial charge in [0.1, 0.15) is 0 Å². The average Bonchev–Trinajstić information content (AvgIpc) is 3.35. The zero-order valence-corrected chi connectivity index (χ0v) is 16.9. The van der Waals surface area contributed by atoms with Crippen LogP contribution in [-0.4, -0.2) is 22.6 Å². The van der Waals surface area contributed by atoms with E-state index in [1.54, 1.807) is 0 Å². The first kappa shape index (κ1) is 18.6. The number of anilines is 2. The molecule has 0 radical (unpaired) electrons. The minimum atomic E-state index is -0.147. The molecular formula is C21H20N4OS2. The van der Waals surface area contributed by atoms with E-state index < -0.39 is 0 Å². The Hall–Kier alpha value is -2.77. The molecule has 0 fully saturated rings. The van der Waals surface area contributed by atoms with E-state index in [4.69, 9.17) is 0 Å². The summed E-state index contributed by atoms with van der Waals surface area (Å²) in [6, 6.07) is 20.4. The first-order chi connectivity index (χ1) is 13.8. The van der Waals surface area contributed by atoms with Crippen LogP contribution in [0.1, 0.15) is 28.1 Å². The summed E-state index contributed by atoms with van der Waals surface area (Å²) in [5.41, 5.74) is 1.37. The molecule has 4 aromatic rings. The number of rotatable bonds is 8. The second-order valence-corrected chi connectivity index (χ2v) is 8.45. The second kappa shape index (κ2) is 8.95. The summed E-state index contributed by atoms with van der Waals surface area (Å²) in [5, 5.41) is 16.6. The van der Waals surface area contributed by atoms with Crippen LogP contribution >= 0.6 is 22.7 Å². The van der Waals surface area contributed by atoms with Crippen LogP contribution in [0.4, 0.5) is 10.3 Å². The number of fused-ring (bicyclic) bond motifs is 1. The highest BCUT2D eigenvalue weighted by atomic mass is 32.1. The summed E-state index contributed by atoms with van der Waals surface area (Å²) in [6.45, 7) is 0.839. The van der Waals surface area contributed by atoms with Gasteiger partial charge in [0.25, 0.3) is 5.91 Å². The van der Waals surface area contributed by atoms with Gasteiger partial charge in [-0.05, 0) is 42.3 Å². The van der Waals surface area contributed by atoms with Crippen LogP contribution in [0.25, 0.3) is 10.1 Å². The molecule has 0 saturated heterocycles. The smallest absolute Gasteiger partial charge is 0.267 e. The predicted octanol–water partition coefficient (Wildman–Crippen LogP) is 5.44. The summed E-state index contributed by atoms with van der Waals surface area (Å²) in [6.07, 6.45) is 3.25. The number of nitrogens with one attached hydrogen (secondary N) is 2. The van der Waals surface area contributed by atoms with Crippen molar-refractivity contribution in [2.75, 3.05) is 17.2 Å². The highest BCUT2D eigenvalue weighted by Crippen LogP contribution is 2.27. The van der Waals surface area contributed by atoms with Crippen LogP contribution in [0.15, 0.2) is 60.7 Å². The van der Waals surface area contributed by atoms with Crippen LogP contribution in [0.2, 0.25) is 0 Å². The van der Waals surface area contributed by atoms with Crippen LogP contribution < -0.4 is 10.6 Å². The predicted molar refractivity (Wildman–Crippen MR) is 118 cm³/mol. The minimum Gasteiger partial charge on any atom is -0.360 e. The lowest BCUT2D eigenvalue weighted by molar-refractivity contribution is 0.103. The molecule has 28 heavy (non-hydrogen) atoms. The van der Waals surface area contributed by atoms with Crippen molar-refractivity contribution in [3.63, 3.8) is 0 Å². The molecule has 7 heteroatoms. The Bertz CT molecular complexity index is 1030. The van der Waals surface area contributed by atoms with Crippen LogP contribution in [0, 0.1) is 0 Å². The van der Waals surface area contributed by atoms with E-state index in [0.29, 0.717) is 10.0 Å². The van der Waals surface area contributed by atoms with E-state index in [0.717, 1.165) is 41.0 Å². The van der Waals surface area contributed by atoms with Gasteiger partial charge in [0, 0.05) is 11.2 Å². The lowest BCUT2D eigenvalue weighted by Crippen LogP contribution is -2.09. The summed E-state index contributed by atoms with van der Waals surface area (Å²) in [4.78, 5) is 13.1. The van der Waals surface area contributed by atoms with Gasteiger partial charge < -0.3 is 5.32 Å². The van der Waals surface area contributed by atoms with Gasteiger partial charge in [-0.1, -0.05) is 59.9 Å². The Balaban J connectivity index is 1.24. The van der Waals surface area contributed by atoms with Gasteiger partial charge in [-0.2, -0.15) is 0 Å². The number of hydrogen-bond acceptors (Lipinski definition) is 6. The number of carbonyl (C=O) groups excluding carboxylic acids is 1. The topological polar surface area (TPSA) is 66.9 Å². The maximum Gasteiger partial charge on any atom is 0.267 e. The Labute approximate surface area is 171 Å². The van der Waals surface area contributed by atoms with Gasteiger partial charge >= 0.3 is 0 Å². The molecule has 0 aliphatic carbocycles. The zero-order valence-electron chi connectivity index (χ0n) is 15.2. The molecule has 0 bridgehead atoms. The maximum atomic E-state index is 12.4. The summed E-state index contributed by atoms with van der Waals surface area (Å²) in [7, 11) is 0. The summed E-state index contributed by atoms with van der Waals surface area (Å²) >= 11 is 2.83. The van der Waals surface area contributed by atoms with E-state index >= 15 is 0 Å². The SMILES string of the molecule is O=C(Nc1nnc(NCCCCc2ccccc2)s1)c1cc2ccccc2s1. The maximum absolute atomic E-state index is 12.4. The van der Waals surface area contributed by atoms with Gasteiger partial charge in [-0.25, -0.2) is 0 Å². The molecule has 0 aliphatic heterocycles. The first-order valence-electron chi connectivity index (χ1n) is 9.19. The molecule has 142 valence electrons. The summed E-state index contributed by atoms with van der Waals surface area (Å²) < 4.78 is 1.10. The van der Waals surface area contributed by atoms with Gasteiger partial charge in [-0.15, -0.1) is 21.5 Å². The van der Waals surface area contributed by atoms with E-state index in [2.05, 4.69) is 45.1 Å². The average molecular weight is 409 g/mol. The molecule has 0 aliphatic rings. The molecule has 2 aromatic carbocycles. The van der Waals surface area contributed by atoms with E-state index in [1.165, 1.54) is 28.2 Å². The fourth-order valence-corrected chi connectivity index (χ4v) is 4.51. The number of hydrogen-bond donors (Lipinski definition) is 2. The van der Waals surface area contributed by atoms with Gasteiger partial charge in [0.2, 0.25) is 10.3 Å². The fraction of sp³-hybridized carbons (Fsp3) is 0.190. The van der Waals surface area contributed by atoms with Gasteiger partial charge in [-0.3, -0.25) is 10.1 Å². The van der Waals surface area contributed by atoms with Gasteiger partial charge in [0.05, 0.1) is 4.88 Å². The Morgan fingerprint density at radius 2 is 1.68 bits per heavy atom. The molecule has 4 rings (SSSR count). The van der Waals surface area contributed by atoms with E-state index in [9.17, 15) is 4.79 Å². The first-order valence-corrected chi connectivity index (χ1v) is 10.8. The molecule has 2 aromatic heterocycles. The Morgan fingerprint density at radius 1 is 0.893 bits per heavy atom. The molecule has 5 nitrogen and oxygen atoms in total. The molecule has 2 N–H and O–H groups in total. The molecular weight excluding hydrogens is 388 g/mol. The van der Waals surface area contributed by atoms with E-state index in [1.807, 2.05) is 36.4 Å². The molecule has 0 unspecified atom stereocenters. The number of thiophene rings is 1. The van der Waals surface area contributed by atoms with Crippen molar-refractivity contribution in [3.8, 4) is 0 Å².